The van der Waals surface area contributed by atoms with Gasteiger partial charge < -0.3 is 19.9 Å². The number of nitrogens with one attached hydrogen (secondary N) is 1. The molecule has 1 aromatic carbocycles. The predicted molar refractivity (Wildman–Crippen MR) is 91.0 cm³/mol. The number of alkyl halides is 3. The highest BCUT2D eigenvalue weighted by atomic mass is 19.4. The van der Waals surface area contributed by atoms with Gasteiger partial charge in [0.2, 0.25) is 0 Å². The van der Waals surface area contributed by atoms with Crippen molar-refractivity contribution in [1.82, 2.24) is 5.32 Å². The van der Waals surface area contributed by atoms with Gasteiger partial charge in [0.25, 0.3) is 0 Å². The second-order valence-corrected chi connectivity index (χ2v) is 6.87. The molecule has 0 saturated heterocycles. The molecule has 1 atom stereocenters. The summed E-state index contributed by atoms with van der Waals surface area (Å²) in [5.41, 5.74) is -1.42. The maximum absolute atomic E-state index is 13.3. The number of aliphatic hydroxyl groups excluding tert-OH is 1. The summed E-state index contributed by atoms with van der Waals surface area (Å²) in [5, 5.41) is 11.3. The van der Waals surface area contributed by atoms with Crippen molar-refractivity contribution >= 4 is 6.09 Å². The van der Waals surface area contributed by atoms with E-state index in [1.54, 1.807) is 27.7 Å². The number of unbranched alkanes of at least 4 members (excludes halogenated alkanes) is 1. The number of rotatable bonds is 7. The van der Waals surface area contributed by atoms with Crippen molar-refractivity contribution in [2.45, 2.75) is 58.4 Å². The molecule has 0 radical (unpaired) electrons. The van der Waals surface area contributed by atoms with Crippen LogP contribution in [-0.2, 0) is 10.9 Å². The fourth-order valence-corrected chi connectivity index (χ4v) is 2.23. The number of halogens is 3. The molecule has 0 fully saturated rings. The minimum atomic E-state index is -4.59. The van der Waals surface area contributed by atoms with E-state index in [1.165, 1.54) is 12.1 Å². The van der Waals surface area contributed by atoms with Gasteiger partial charge in [-0.25, -0.2) is 4.79 Å². The highest BCUT2D eigenvalue weighted by Crippen LogP contribution is 2.40. The van der Waals surface area contributed by atoms with Crippen molar-refractivity contribution in [3.8, 4) is 5.75 Å². The summed E-state index contributed by atoms with van der Waals surface area (Å²) in [7, 11) is 0. The van der Waals surface area contributed by atoms with Gasteiger partial charge in [-0.3, -0.25) is 0 Å². The van der Waals surface area contributed by atoms with Crippen molar-refractivity contribution in [3.63, 3.8) is 0 Å². The van der Waals surface area contributed by atoms with Gasteiger partial charge in [0, 0.05) is 12.2 Å². The Kier molecular flexibility index (Phi) is 7.74. The lowest BCUT2D eigenvalue weighted by atomic mass is 10.0. The summed E-state index contributed by atoms with van der Waals surface area (Å²) in [6.07, 6.45) is -4.48. The lowest BCUT2D eigenvalue weighted by molar-refractivity contribution is -0.139. The molecular weight excluding hydrogens is 351 g/mol. The van der Waals surface area contributed by atoms with Gasteiger partial charge in [-0.2, -0.15) is 13.2 Å². The summed E-state index contributed by atoms with van der Waals surface area (Å²) in [4.78, 5) is 11.9. The Bertz CT molecular complexity index is 597. The van der Waals surface area contributed by atoms with Crippen LogP contribution >= 0.6 is 0 Å². The standard InChI is InChI=1S/C18H26F3NO4/c1-12(22-16(24)26-17(2,3)4)13-8-7-9-14(18(19,20)21)15(13)25-11-6-5-10-23/h7-9,12,23H,5-6,10-11H2,1-4H3,(H,22,24). The number of alkyl carbamates (subject to hydrolysis) is 1. The Labute approximate surface area is 151 Å². The number of benzene rings is 1. The lowest BCUT2D eigenvalue weighted by Crippen LogP contribution is -2.34. The van der Waals surface area contributed by atoms with E-state index in [9.17, 15) is 18.0 Å². The van der Waals surface area contributed by atoms with Gasteiger partial charge in [-0.15, -0.1) is 0 Å². The van der Waals surface area contributed by atoms with Crippen molar-refractivity contribution < 1.29 is 32.5 Å². The first kappa shape index (κ1) is 22.1. The molecule has 8 heteroatoms. The lowest BCUT2D eigenvalue weighted by Gasteiger charge is -2.24. The number of ether oxygens (including phenoxy) is 2. The third-order valence-electron chi connectivity index (χ3n) is 3.35. The van der Waals surface area contributed by atoms with Gasteiger partial charge in [0.1, 0.15) is 11.4 Å². The fraction of sp³-hybridized carbons (Fsp3) is 0.611. The number of hydrogen-bond acceptors (Lipinski definition) is 4. The number of hydrogen-bond donors (Lipinski definition) is 2. The van der Waals surface area contributed by atoms with Crippen molar-refractivity contribution in [1.29, 1.82) is 0 Å². The maximum Gasteiger partial charge on any atom is 0.419 e. The average molecular weight is 377 g/mol. The zero-order chi connectivity index (χ0) is 20.0. The smallest absolute Gasteiger partial charge is 0.419 e. The molecule has 0 aromatic heterocycles. The summed E-state index contributed by atoms with van der Waals surface area (Å²) in [6, 6.07) is 2.93. The zero-order valence-electron chi connectivity index (χ0n) is 15.4. The first-order valence-electron chi connectivity index (χ1n) is 8.39. The van der Waals surface area contributed by atoms with Gasteiger partial charge >= 0.3 is 12.3 Å². The zero-order valence-corrected chi connectivity index (χ0v) is 15.4. The Morgan fingerprint density at radius 1 is 1.23 bits per heavy atom. The second-order valence-electron chi connectivity index (χ2n) is 6.87. The molecule has 1 rings (SSSR count). The summed E-state index contributed by atoms with van der Waals surface area (Å²) in [5.74, 6) is -0.318. The van der Waals surface area contributed by atoms with Crippen LogP contribution in [0, 0.1) is 0 Å². The quantitative estimate of drug-likeness (QED) is 0.689. The number of carbonyl (C=O) groups excluding carboxylic acids is 1. The van der Waals surface area contributed by atoms with Crippen LogP contribution in [0.1, 0.15) is 57.7 Å². The third kappa shape index (κ3) is 7.11. The van der Waals surface area contributed by atoms with Crippen molar-refractivity contribution in [2.75, 3.05) is 13.2 Å². The Morgan fingerprint density at radius 2 is 1.88 bits per heavy atom. The number of carbonyl (C=O) groups is 1. The normalized spacial score (nSPS) is 13.2. The van der Waals surface area contributed by atoms with E-state index in [2.05, 4.69) is 5.32 Å². The molecule has 1 aromatic rings. The summed E-state index contributed by atoms with van der Waals surface area (Å²) < 4.78 is 50.5. The molecule has 1 amide bonds. The van der Waals surface area contributed by atoms with E-state index in [1.807, 2.05) is 0 Å². The third-order valence-corrected chi connectivity index (χ3v) is 3.35. The van der Waals surface area contributed by atoms with Crippen LogP contribution in [0.2, 0.25) is 0 Å². The van der Waals surface area contributed by atoms with Crippen molar-refractivity contribution in [2.24, 2.45) is 0 Å². The van der Waals surface area contributed by atoms with E-state index in [-0.39, 0.29) is 24.5 Å². The second kappa shape index (κ2) is 9.12. The predicted octanol–water partition coefficient (Wildman–Crippen LogP) is 4.44. The molecule has 2 N–H and O–H groups in total. The molecule has 0 spiro atoms. The van der Waals surface area contributed by atoms with Crippen LogP contribution in [0.5, 0.6) is 5.75 Å². The minimum absolute atomic E-state index is 0.0276. The molecule has 5 nitrogen and oxygen atoms in total. The van der Waals surface area contributed by atoms with Crippen LogP contribution in [-0.4, -0.2) is 30.0 Å². The van der Waals surface area contributed by atoms with Crippen LogP contribution in [0.25, 0.3) is 0 Å². The molecular formula is C18H26F3NO4. The molecule has 148 valence electrons. The molecule has 0 bridgehead atoms. The maximum atomic E-state index is 13.3. The molecule has 26 heavy (non-hydrogen) atoms. The first-order valence-corrected chi connectivity index (χ1v) is 8.39. The van der Waals surface area contributed by atoms with Gasteiger partial charge in [0.05, 0.1) is 18.2 Å². The van der Waals surface area contributed by atoms with E-state index in [4.69, 9.17) is 14.6 Å². The Morgan fingerprint density at radius 3 is 2.42 bits per heavy atom. The average Bonchev–Trinajstić information content (AvgIpc) is 2.48. The summed E-state index contributed by atoms with van der Waals surface area (Å²) in [6.45, 7) is 6.60. The number of para-hydroxylation sites is 1. The first-order chi connectivity index (χ1) is 12.0. The summed E-state index contributed by atoms with van der Waals surface area (Å²) >= 11 is 0. The monoisotopic (exact) mass is 377 g/mol. The van der Waals surface area contributed by atoms with Gasteiger partial charge in [-0.05, 0) is 46.6 Å². The number of amides is 1. The molecule has 1 unspecified atom stereocenters. The molecule has 0 saturated carbocycles. The highest BCUT2D eigenvalue weighted by molar-refractivity contribution is 5.68. The largest absolute Gasteiger partial charge is 0.493 e. The topological polar surface area (TPSA) is 67.8 Å². The molecule has 0 aliphatic heterocycles. The Hall–Kier alpha value is -1.96. The molecule has 0 heterocycles. The van der Waals surface area contributed by atoms with Crippen LogP contribution in [0.3, 0.4) is 0 Å². The van der Waals surface area contributed by atoms with E-state index < -0.39 is 29.5 Å². The van der Waals surface area contributed by atoms with Crippen molar-refractivity contribution in [3.05, 3.63) is 29.3 Å². The Balaban J connectivity index is 3.06. The van der Waals surface area contributed by atoms with E-state index >= 15 is 0 Å². The minimum Gasteiger partial charge on any atom is -0.493 e. The van der Waals surface area contributed by atoms with Gasteiger partial charge in [0.15, 0.2) is 0 Å². The number of aliphatic hydroxyl groups is 1. The fourth-order valence-electron chi connectivity index (χ4n) is 2.23. The van der Waals surface area contributed by atoms with Crippen LogP contribution < -0.4 is 10.1 Å². The van der Waals surface area contributed by atoms with Crippen LogP contribution in [0.4, 0.5) is 18.0 Å². The van der Waals surface area contributed by atoms with E-state index in [0.29, 0.717) is 12.8 Å². The van der Waals surface area contributed by atoms with Gasteiger partial charge in [-0.1, -0.05) is 12.1 Å². The van der Waals surface area contributed by atoms with Crippen LogP contribution in [0.15, 0.2) is 18.2 Å². The van der Waals surface area contributed by atoms with E-state index in [0.717, 1.165) is 6.07 Å². The SMILES string of the molecule is CC(NC(=O)OC(C)(C)C)c1cccc(C(F)(F)F)c1OCCCCO. The highest BCUT2D eigenvalue weighted by Gasteiger charge is 2.36. The molecule has 0 aliphatic rings. The molecule has 0 aliphatic carbocycles.